The molecule has 1 atom stereocenters. The summed E-state index contributed by atoms with van der Waals surface area (Å²) >= 11 is 5.59. The molecule has 0 fully saturated rings. The Morgan fingerprint density at radius 3 is 2.82 bits per heavy atom. The van der Waals surface area contributed by atoms with Crippen molar-refractivity contribution >= 4 is 17.5 Å². The maximum atomic E-state index is 11.7. The van der Waals surface area contributed by atoms with Crippen molar-refractivity contribution in [3.8, 4) is 11.5 Å². The van der Waals surface area contributed by atoms with Crippen molar-refractivity contribution in [2.45, 2.75) is 13.3 Å². The SMILES string of the molecule is CC(CCCl)CNC(=O)c1cccc(O)c1O. The van der Waals surface area contributed by atoms with Gasteiger partial charge in [0, 0.05) is 12.4 Å². The Balaban J connectivity index is 2.61. The van der Waals surface area contributed by atoms with Crippen molar-refractivity contribution in [3.63, 3.8) is 0 Å². The van der Waals surface area contributed by atoms with E-state index in [-0.39, 0.29) is 17.2 Å². The number of aromatic hydroxyl groups is 2. The minimum Gasteiger partial charge on any atom is -0.504 e. The lowest BCUT2D eigenvalue weighted by Crippen LogP contribution is -2.28. The first-order valence-electron chi connectivity index (χ1n) is 5.41. The minimum atomic E-state index is -0.403. The lowest BCUT2D eigenvalue weighted by Gasteiger charge is -2.11. The second-order valence-electron chi connectivity index (χ2n) is 3.97. The third-order valence-corrected chi connectivity index (χ3v) is 2.69. The summed E-state index contributed by atoms with van der Waals surface area (Å²) in [5, 5.41) is 21.5. The van der Waals surface area contributed by atoms with E-state index >= 15 is 0 Å². The molecule has 0 saturated carbocycles. The van der Waals surface area contributed by atoms with Crippen molar-refractivity contribution < 1.29 is 15.0 Å². The molecule has 1 rings (SSSR count). The molecule has 0 aliphatic carbocycles. The number of hydrogen-bond donors (Lipinski definition) is 3. The number of phenolic OH excluding ortho intramolecular Hbond substituents is 2. The van der Waals surface area contributed by atoms with Gasteiger partial charge < -0.3 is 15.5 Å². The number of carbonyl (C=O) groups excluding carboxylic acids is 1. The third kappa shape index (κ3) is 3.82. The smallest absolute Gasteiger partial charge is 0.255 e. The van der Waals surface area contributed by atoms with Gasteiger partial charge in [-0.2, -0.15) is 0 Å². The van der Waals surface area contributed by atoms with Crippen LogP contribution in [0.4, 0.5) is 0 Å². The Hall–Kier alpha value is -1.42. The van der Waals surface area contributed by atoms with Crippen molar-refractivity contribution in [3.05, 3.63) is 23.8 Å². The molecule has 17 heavy (non-hydrogen) atoms. The molecule has 0 aliphatic rings. The summed E-state index contributed by atoms with van der Waals surface area (Å²) in [6.07, 6.45) is 0.813. The number of rotatable bonds is 5. The van der Waals surface area contributed by atoms with Crippen molar-refractivity contribution in [1.82, 2.24) is 5.32 Å². The maximum Gasteiger partial charge on any atom is 0.255 e. The summed E-state index contributed by atoms with van der Waals surface area (Å²) in [5.41, 5.74) is 0.0723. The van der Waals surface area contributed by atoms with Crippen LogP contribution in [0.2, 0.25) is 0 Å². The predicted octanol–water partition coefficient (Wildman–Crippen LogP) is 2.09. The van der Waals surface area contributed by atoms with Gasteiger partial charge in [0.25, 0.3) is 5.91 Å². The molecule has 0 spiro atoms. The normalized spacial score (nSPS) is 12.1. The Morgan fingerprint density at radius 1 is 1.47 bits per heavy atom. The molecular formula is C12H16ClNO3. The van der Waals surface area contributed by atoms with Gasteiger partial charge in [0.1, 0.15) is 0 Å². The van der Waals surface area contributed by atoms with Crippen molar-refractivity contribution in [1.29, 1.82) is 0 Å². The highest BCUT2D eigenvalue weighted by atomic mass is 35.5. The van der Waals surface area contributed by atoms with Crippen LogP contribution < -0.4 is 5.32 Å². The molecule has 0 aromatic heterocycles. The Labute approximate surface area is 105 Å². The fourth-order valence-corrected chi connectivity index (χ4v) is 1.74. The van der Waals surface area contributed by atoms with Crippen molar-refractivity contribution in [2.24, 2.45) is 5.92 Å². The van der Waals surface area contributed by atoms with Crippen LogP contribution in [0.15, 0.2) is 18.2 Å². The number of carbonyl (C=O) groups is 1. The van der Waals surface area contributed by atoms with Crippen LogP contribution in [-0.2, 0) is 0 Å². The number of benzene rings is 1. The van der Waals surface area contributed by atoms with Gasteiger partial charge in [0.05, 0.1) is 5.56 Å². The van der Waals surface area contributed by atoms with Crippen LogP contribution in [0.3, 0.4) is 0 Å². The Kier molecular flexibility index (Phi) is 5.10. The molecule has 1 aromatic carbocycles. The molecule has 3 N–H and O–H groups in total. The number of halogens is 1. The van der Waals surface area contributed by atoms with E-state index in [4.69, 9.17) is 11.6 Å². The molecule has 0 bridgehead atoms. The summed E-state index contributed by atoms with van der Waals surface area (Å²) in [7, 11) is 0. The average molecular weight is 258 g/mol. The van der Waals surface area contributed by atoms with Gasteiger partial charge in [-0.25, -0.2) is 0 Å². The number of hydrogen-bond acceptors (Lipinski definition) is 3. The van der Waals surface area contributed by atoms with Crippen LogP contribution in [0.5, 0.6) is 11.5 Å². The van der Waals surface area contributed by atoms with Crippen LogP contribution in [-0.4, -0.2) is 28.5 Å². The second kappa shape index (κ2) is 6.35. The average Bonchev–Trinajstić information content (AvgIpc) is 2.30. The fourth-order valence-electron chi connectivity index (χ4n) is 1.37. The van der Waals surface area contributed by atoms with Crippen LogP contribution >= 0.6 is 11.6 Å². The number of phenols is 2. The summed E-state index contributed by atoms with van der Waals surface area (Å²) < 4.78 is 0. The van der Waals surface area contributed by atoms with Gasteiger partial charge in [-0.05, 0) is 24.5 Å². The van der Waals surface area contributed by atoms with Crippen LogP contribution in [0.1, 0.15) is 23.7 Å². The maximum absolute atomic E-state index is 11.7. The molecular weight excluding hydrogens is 242 g/mol. The molecule has 0 aliphatic heterocycles. The van der Waals surface area contributed by atoms with Gasteiger partial charge in [0.2, 0.25) is 0 Å². The first-order chi connectivity index (χ1) is 8.06. The summed E-state index contributed by atoms with van der Waals surface area (Å²) in [4.78, 5) is 11.7. The van der Waals surface area contributed by atoms with E-state index in [1.165, 1.54) is 18.2 Å². The number of para-hydroxylation sites is 1. The number of amides is 1. The van der Waals surface area contributed by atoms with E-state index in [1.807, 2.05) is 6.92 Å². The van der Waals surface area contributed by atoms with E-state index in [2.05, 4.69) is 5.32 Å². The molecule has 5 heteroatoms. The largest absolute Gasteiger partial charge is 0.504 e. The zero-order valence-corrected chi connectivity index (χ0v) is 10.4. The highest BCUT2D eigenvalue weighted by Gasteiger charge is 2.14. The van der Waals surface area contributed by atoms with Gasteiger partial charge in [-0.3, -0.25) is 4.79 Å². The van der Waals surface area contributed by atoms with E-state index < -0.39 is 11.7 Å². The lowest BCUT2D eigenvalue weighted by atomic mass is 10.1. The first kappa shape index (κ1) is 13.6. The van der Waals surface area contributed by atoms with Crippen LogP contribution in [0.25, 0.3) is 0 Å². The third-order valence-electron chi connectivity index (χ3n) is 2.47. The topological polar surface area (TPSA) is 69.6 Å². The summed E-state index contributed by atoms with van der Waals surface area (Å²) in [5.74, 6) is -0.272. The molecule has 1 aromatic rings. The van der Waals surface area contributed by atoms with Gasteiger partial charge in [-0.15, -0.1) is 11.6 Å². The van der Waals surface area contributed by atoms with E-state index in [0.29, 0.717) is 12.4 Å². The summed E-state index contributed by atoms with van der Waals surface area (Å²) in [6.45, 7) is 2.46. The van der Waals surface area contributed by atoms with E-state index in [9.17, 15) is 15.0 Å². The lowest BCUT2D eigenvalue weighted by molar-refractivity contribution is 0.0944. The van der Waals surface area contributed by atoms with Crippen LogP contribution in [0, 0.1) is 5.92 Å². The van der Waals surface area contributed by atoms with Gasteiger partial charge in [-0.1, -0.05) is 13.0 Å². The highest BCUT2D eigenvalue weighted by molar-refractivity contribution is 6.17. The number of alkyl halides is 1. The van der Waals surface area contributed by atoms with Gasteiger partial charge in [0.15, 0.2) is 11.5 Å². The molecule has 1 amide bonds. The molecule has 1 unspecified atom stereocenters. The fraction of sp³-hybridized carbons (Fsp3) is 0.417. The molecule has 4 nitrogen and oxygen atoms in total. The Bertz CT molecular complexity index is 395. The summed E-state index contributed by atoms with van der Waals surface area (Å²) in [6, 6.07) is 4.28. The quantitative estimate of drug-likeness (QED) is 0.559. The van der Waals surface area contributed by atoms with Crippen molar-refractivity contribution in [2.75, 3.05) is 12.4 Å². The van der Waals surface area contributed by atoms with Gasteiger partial charge >= 0.3 is 0 Å². The standard InChI is InChI=1S/C12H16ClNO3/c1-8(5-6-13)7-14-12(17)9-3-2-4-10(15)11(9)16/h2-4,8,15-16H,5-7H2,1H3,(H,14,17). The molecule has 0 saturated heterocycles. The molecule has 0 heterocycles. The second-order valence-corrected chi connectivity index (χ2v) is 4.34. The monoisotopic (exact) mass is 257 g/mol. The zero-order valence-electron chi connectivity index (χ0n) is 9.61. The predicted molar refractivity (Wildman–Crippen MR) is 66.6 cm³/mol. The number of nitrogens with one attached hydrogen (secondary N) is 1. The zero-order chi connectivity index (χ0) is 12.8. The first-order valence-corrected chi connectivity index (χ1v) is 5.94. The van der Waals surface area contributed by atoms with E-state index in [0.717, 1.165) is 6.42 Å². The Morgan fingerprint density at radius 2 is 2.18 bits per heavy atom. The minimum absolute atomic E-state index is 0.0723. The molecule has 0 radical (unpaired) electrons. The van der Waals surface area contributed by atoms with E-state index in [1.54, 1.807) is 0 Å². The highest BCUT2D eigenvalue weighted by Crippen LogP contribution is 2.27. The molecule has 94 valence electrons.